The number of amides is 2. The van der Waals surface area contributed by atoms with Crippen molar-refractivity contribution in [3.05, 3.63) is 65.7 Å². The zero-order valence-corrected chi connectivity index (χ0v) is 16.4. The van der Waals surface area contributed by atoms with Crippen molar-refractivity contribution in [1.82, 2.24) is 10.2 Å². The van der Waals surface area contributed by atoms with Gasteiger partial charge in [-0.25, -0.2) is 0 Å². The summed E-state index contributed by atoms with van der Waals surface area (Å²) in [6.45, 7) is 6.67. The molecule has 2 amide bonds. The lowest BCUT2D eigenvalue weighted by molar-refractivity contribution is -0.138. The number of nitrogens with zero attached hydrogens (tertiary/aromatic N) is 1. The van der Waals surface area contributed by atoms with Crippen LogP contribution in [0.1, 0.15) is 25.0 Å². The van der Waals surface area contributed by atoms with E-state index in [1.165, 1.54) is 17.3 Å². The Morgan fingerprint density at radius 2 is 1.73 bits per heavy atom. The second-order valence-corrected chi connectivity index (χ2v) is 7.23. The summed E-state index contributed by atoms with van der Waals surface area (Å²) in [6, 6.07) is 17.3. The molecule has 4 nitrogen and oxygen atoms in total. The lowest BCUT2D eigenvalue weighted by Crippen LogP contribution is -2.48. The van der Waals surface area contributed by atoms with Crippen LogP contribution in [0.2, 0.25) is 0 Å². The Morgan fingerprint density at radius 1 is 1.08 bits per heavy atom. The third-order valence-corrected chi connectivity index (χ3v) is 5.09. The van der Waals surface area contributed by atoms with E-state index < -0.39 is 6.04 Å². The first kappa shape index (κ1) is 20.0. The molecule has 0 fully saturated rings. The van der Waals surface area contributed by atoms with Gasteiger partial charge in [-0.1, -0.05) is 48.0 Å². The van der Waals surface area contributed by atoms with Crippen LogP contribution in [0.3, 0.4) is 0 Å². The molecule has 2 aromatic rings. The highest BCUT2D eigenvalue weighted by atomic mass is 32.2. The molecule has 0 saturated heterocycles. The van der Waals surface area contributed by atoms with Gasteiger partial charge in [-0.15, -0.1) is 11.8 Å². The molecule has 0 aliphatic carbocycles. The summed E-state index contributed by atoms with van der Waals surface area (Å²) in [5.74, 6) is 0.134. The Bertz CT molecular complexity index is 717. The van der Waals surface area contributed by atoms with E-state index in [0.717, 1.165) is 10.5 Å². The summed E-state index contributed by atoms with van der Waals surface area (Å²) in [5, 5.41) is 2.81. The van der Waals surface area contributed by atoms with Gasteiger partial charge < -0.3 is 10.2 Å². The minimum atomic E-state index is -0.513. The van der Waals surface area contributed by atoms with Crippen molar-refractivity contribution in [3.63, 3.8) is 0 Å². The first-order valence-corrected chi connectivity index (χ1v) is 9.80. The maximum atomic E-state index is 12.9. The van der Waals surface area contributed by atoms with Crippen molar-refractivity contribution in [2.45, 2.75) is 38.3 Å². The zero-order chi connectivity index (χ0) is 18.9. The summed E-state index contributed by atoms with van der Waals surface area (Å²) in [5.41, 5.74) is 2.20. The number of benzene rings is 2. The highest BCUT2D eigenvalue weighted by Gasteiger charge is 2.25. The van der Waals surface area contributed by atoms with E-state index in [-0.39, 0.29) is 11.8 Å². The average Bonchev–Trinajstić information content (AvgIpc) is 2.66. The molecule has 0 aliphatic rings. The first-order valence-electron chi connectivity index (χ1n) is 8.81. The van der Waals surface area contributed by atoms with Crippen molar-refractivity contribution in [3.8, 4) is 0 Å². The van der Waals surface area contributed by atoms with Crippen LogP contribution in [-0.2, 0) is 16.1 Å². The largest absolute Gasteiger partial charge is 0.355 e. The van der Waals surface area contributed by atoms with Gasteiger partial charge in [-0.05, 0) is 38.5 Å². The molecule has 0 spiro atoms. The van der Waals surface area contributed by atoms with Crippen LogP contribution in [0.25, 0.3) is 0 Å². The molecule has 1 N–H and O–H groups in total. The van der Waals surface area contributed by atoms with Crippen molar-refractivity contribution in [2.24, 2.45) is 0 Å². The summed E-state index contributed by atoms with van der Waals surface area (Å²) >= 11 is 1.50. The molecule has 0 aliphatic heterocycles. The summed E-state index contributed by atoms with van der Waals surface area (Å²) in [4.78, 5) is 27.8. The number of hydrogen-bond donors (Lipinski definition) is 1. The molecule has 0 saturated carbocycles. The van der Waals surface area contributed by atoms with Gasteiger partial charge in [-0.3, -0.25) is 9.59 Å². The van der Waals surface area contributed by atoms with E-state index in [1.54, 1.807) is 11.8 Å². The zero-order valence-electron chi connectivity index (χ0n) is 15.6. The third-order valence-electron chi connectivity index (χ3n) is 4.10. The van der Waals surface area contributed by atoms with E-state index in [4.69, 9.17) is 0 Å². The van der Waals surface area contributed by atoms with Crippen molar-refractivity contribution in [1.29, 1.82) is 0 Å². The lowest BCUT2D eigenvalue weighted by Gasteiger charge is -2.28. The van der Waals surface area contributed by atoms with Gasteiger partial charge in [0.25, 0.3) is 0 Å². The Labute approximate surface area is 160 Å². The lowest BCUT2D eigenvalue weighted by atomic mass is 10.1. The number of nitrogens with one attached hydrogen (secondary N) is 1. The van der Waals surface area contributed by atoms with Crippen LogP contribution in [-0.4, -0.2) is 35.1 Å². The monoisotopic (exact) mass is 370 g/mol. The van der Waals surface area contributed by atoms with Gasteiger partial charge in [-0.2, -0.15) is 0 Å². The van der Waals surface area contributed by atoms with E-state index in [2.05, 4.69) is 5.32 Å². The highest BCUT2D eigenvalue weighted by molar-refractivity contribution is 8.00. The summed E-state index contributed by atoms with van der Waals surface area (Å²) in [6.07, 6.45) is 0. The minimum Gasteiger partial charge on any atom is -0.355 e. The number of likely N-dealkylation sites (N-methyl/N-ethyl adjacent to an activating group) is 1. The molecule has 0 unspecified atom stereocenters. The van der Waals surface area contributed by atoms with Crippen LogP contribution in [0.4, 0.5) is 0 Å². The average molecular weight is 371 g/mol. The van der Waals surface area contributed by atoms with Crippen molar-refractivity contribution >= 4 is 23.6 Å². The number of carbonyl (C=O) groups excluding carboxylic acids is 2. The number of thioether (sulfide) groups is 1. The van der Waals surface area contributed by atoms with Gasteiger partial charge in [0.1, 0.15) is 6.04 Å². The van der Waals surface area contributed by atoms with Crippen molar-refractivity contribution < 1.29 is 9.59 Å². The number of aryl methyl sites for hydroxylation is 1. The van der Waals surface area contributed by atoms with Crippen molar-refractivity contribution in [2.75, 3.05) is 12.3 Å². The first-order chi connectivity index (χ1) is 12.5. The van der Waals surface area contributed by atoms with Crippen LogP contribution >= 0.6 is 11.8 Å². The maximum Gasteiger partial charge on any atom is 0.242 e. The Morgan fingerprint density at radius 3 is 2.35 bits per heavy atom. The van der Waals surface area contributed by atoms with E-state index in [1.807, 2.05) is 68.4 Å². The summed E-state index contributed by atoms with van der Waals surface area (Å²) < 4.78 is 0. The second kappa shape index (κ2) is 10.0. The van der Waals surface area contributed by atoms with Crippen LogP contribution < -0.4 is 5.32 Å². The standard InChI is InChI=1S/C21H26N2O2S/c1-4-22-21(25)17(3)23(14-18-8-6-5-7-9-18)20(24)15-26-19-12-10-16(2)11-13-19/h5-13,17H,4,14-15H2,1-3H3,(H,22,25)/t17-/m1/s1. The molecule has 0 radical (unpaired) electrons. The molecule has 5 heteroatoms. The Balaban J connectivity index is 2.09. The molecular weight excluding hydrogens is 344 g/mol. The number of carbonyl (C=O) groups is 2. The Hall–Kier alpha value is -2.27. The fraction of sp³-hybridized carbons (Fsp3) is 0.333. The SMILES string of the molecule is CCNC(=O)[C@@H](C)N(Cc1ccccc1)C(=O)CSc1ccc(C)cc1. The van der Waals surface area contributed by atoms with Gasteiger partial charge in [0.15, 0.2) is 0 Å². The molecule has 0 heterocycles. The molecule has 0 aromatic heterocycles. The minimum absolute atomic E-state index is 0.0434. The third kappa shape index (κ3) is 5.92. The highest BCUT2D eigenvalue weighted by Crippen LogP contribution is 2.20. The van der Waals surface area contributed by atoms with E-state index in [9.17, 15) is 9.59 Å². The second-order valence-electron chi connectivity index (χ2n) is 6.18. The predicted molar refractivity (Wildman–Crippen MR) is 107 cm³/mol. The quantitative estimate of drug-likeness (QED) is 0.722. The van der Waals surface area contributed by atoms with Crippen LogP contribution in [0.5, 0.6) is 0 Å². The normalized spacial score (nSPS) is 11.7. The van der Waals surface area contributed by atoms with Crippen LogP contribution in [0.15, 0.2) is 59.5 Å². The molecule has 0 bridgehead atoms. The number of hydrogen-bond acceptors (Lipinski definition) is 3. The molecule has 1 atom stereocenters. The van der Waals surface area contributed by atoms with Gasteiger partial charge in [0.05, 0.1) is 5.75 Å². The van der Waals surface area contributed by atoms with Crippen LogP contribution in [0, 0.1) is 6.92 Å². The topological polar surface area (TPSA) is 49.4 Å². The smallest absolute Gasteiger partial charge is 0.242 e. The van der Waals surface area contributed by atoms with Gasteiger partial charge in [0.2, 0.25) is 11.8 Å². The molecule has 2 aromatic carbocycles. The maximum absolute atomic E-state index is 12.9. The Kier molecular flexibility index (Phi) is 7.73. The molecule has 26 heavy (non-hydrogen) atoms. The van der Waals surface area contributed by atoms with E-state index >= 15 is 0 Å². The van der Waals surface area contributed by atoms with E-state index in [0.29, 0.717) is 18.8 Å². The fourth-order valence-electron chi connectivity index (χ4n) is 2.55. The van der Waals surface area contributed by atoms with Gasteiger partial charge >= 0.3 is 0 Å². The summed E-state index contributed by atoms with van der Waals surface area (Å²) in [7, 11) is 0. The van der Waals surface area contributed by atoms with Gasteiger partial charge in [0, 0.05) is 18.0 Å². The fourth-order valence-corrected chi connectivity index (χ4v) is 3.33. The predicted octanol–water partition coefficient (Wildman–Crippen LogP) is 3.64. The molecule has 138 valence electrons. The molecular formula is C21H26N2O2S. The molecule has 2 rings (SSSR count). The number of rotatable bonds is 8.